The van der Waals surface area contributed by atoms with Crippen molar-refractivity contribution in [3.63, 3.8) is 0 Å². The van der Waals surface area contributed by atoms with E-state index in [-0.39, 0.29) is 21.4 Å². The molecule has 0 aromatic heterocycles. The lowest BCUT2D eigenvalue weighted by Gasteiger charge is -2.47. The van der Waals surface area contributed by atoms with Gasteiger partial charge < -0.3 is 15.6 Å². The minimum Gasteiger partial charge on any atom is -0.477 e. The molecule has 3 N–H and O–H groups in total. The molecule has 2 atom stereocenters. The first-order valence-corrected chi connectivity index (χ1v) is 8.53. The minimum atomic E-state index is -1.56. The van der Waals surface area contributed by atoms with E-state index in [0.717, 1.165) is 4.90 Å². The average Bonchev–Trinajstić information content (AvgIpc) is 2.56. The quantitative estimate of drug-likeness (QED) is 0.383. The minimum absolute atomic E-state index is 0.0507. The number of carbonyl (C=O) groups excluding carboxylic acids is 3. The van der Waals surface area contributed by atoms with E-state index >= 15 is 0 Å². The first-order valence-electron chi connectivity index (χ1n) is 6.27. The highest BCUT2D eigenvalue weighted by atomic mass is 35.5. The maximum Gasteiger partial charge on any atom is 0.432 e. The van der Waals surface area contributed by atoms with Crippen molar-refractivity contribution >= 4 is 70.6 Å². The highest BCUT2D eigenvalue weighted by molar-refractivity contribution is 8.00. The number of nitrogens with zero attached hydrogens (tertiary/aromatic N) is 2. The third kappa shape index (κ3) is 3.42. The van der Waals surface area contributed by atoms with Gasteiger partial charge in [-0.05, 0) is 0 Å². The molecule has 13 heteroatoms. The molecule has 0 aromatic rings. The van der Waals surface area contributed by atoms with Crippen molar-refractivity contribution < 1.29 is 29.0 Å². The number of carbonyl (C=O) groups is 4. The van der Waals surface area contributed by atoms with E-state index in [4.69, 9.17) is 45.4 Å². The molecular weight excluding hydrogens is 409 g/mol. The second-order valence-corrected chi connectivity index (χ2v) is 7.21. The number of hydrogen-bond acceptors (Lipinski definition) is 7. The van der Waals surface area contributed by atoms with E-state index in [1.54, 1.807) is 0 Å². The second-order valence-electron chi connectivity index (χ2n) is 4.67. The van der Waals surface area contributed by atoms with Gasteiger partial charge in [-0.3, -0.25) is 14.5 Å². The number of carboxylic acids is 1. The van der Waals surface area contributed by atoms with Gasteiger partial charge in [-0.2, -0.15) is 4.42 Å². The second kappa shape index (κ2) is 7.36. The van der Waals surface area contributed by atoms with Crippen molar-refractivity contribution in [2.75, 3.05) is 12.4 Å². The normalized spacial score (nSPS) is 22.9. The van der Waals surface area contributed by atoms with Crippen LogP contribution in [-0.4, -0.2) is 66.9 Å². The van der Waals surface area contributed by atoms with E-state index in [1.807, 2.05) is 0 Å². The number of β-lactam (4-membered cyclic amide) rings is 1. The summed E-state index contributed by atoms with van der Waals surface area (Å²) < 4.78 is 4.83. The number of nitrogens with two attached hydrogens (primary N) is 1. The van der Waals surface area contributed by atoms with Crippen molar-refractivity contribution in [1.29, 1.82) is 0 Å². The lowest BCUT2D eigenvalue weighted by Crippen LogP contribution is -2.68. The third-order valence-electron chi connectivity index (χ3n) is 3.20. The van der Waals surface area contributed by atoms with Crippen molar-refractivity contribution in [2.24, 2.45) is 5.73 Å². The number of carboxylic acid groups (broad SMARTS) is 1. The molecule has 0 aliphatic carbocycles. The molecule has 0 aromatic carbocycles. The van der Waals surface area contributed by atoms with Crippen LogP contribution in [0.1, 0.15) is 0 Å². The molecule has 132 valence electrons. The number of hydrogen-bond donors (Lipinski definition) is 2. The molecule has 2 aliphatic rings. The SMILES string of the molecule is N[C@@H]1C(=O)N2C(C(=O)O)=C(COC(=O)N(Cl)C(=O)C(Cl)Cl)CS[C@H]12. The number of imide groups is 1. The van der Waals surface area contributed by atoms with E-state index in [9.17, 15) is 24.3 Å². The largest absolute Gasteiger partial charge is 0.477 e. The van der Waals surface area contributed by atoms with Gasteiger partial charge in [0, 0.05) is 23.1 Å². The summed E-state index contributed by atoms with van der Waals surface area (Å²) in [5, 5.41) is 8.83. The van der Waals surface area contributed by atoms with Gasteiger partial charge in [0.1, 0.15) is 23.7 Å². The highest BCUT2D eigenvalue weighted by Crippen LogP contribution is 2.39. The lowest BCUT2D eigenvalue weighted by molar-refractivity contribution is -0.148. The first kappa shape index (κ1) is 19.1. The summed E-state index contributed by atoms with van der Waals surface area (Å²) >= 11 is 17.2. The van der Waals surface area contributed by atoms with Crippen molar-refractivity contribution in [3.05, 3.63) is 11.3 Å². The van der Waals surface area contributed by atoms with Crippen LogP contribution in [0.3, 0.4) is 0 Å². The van der Waals surface area contributed by atoms with Crippen molar-refractivity contribution in [3.8, 4) is 0 Å². The number of ether oxygens (including phenoxy) is 1. The first-order chi connectivity index (χ1) is 11.2. The topological polar surface area (TPSA) is 130 Å². The predicted molar refractivity (Wildman–Crippen MR) is 85.3 cm³/mol. The maximum absolute atomic E-state index is 11.7. The van der Waals surface area contributed by atoms with Gasteiger partial charge in [-0.25, -0.2) is 9.59 Å². The molecule has 0 unspecified atom stereocenters. The van der Waals surface area contributed by atoms with Crippen LogP contribution in [0.2, 0.25) is 0 Å². The predicted octanol–water partition coefficient (Wildman–Crippen LogP) is 0.490. The number of alkyl halides is 2. The molecule has 0 saturated carbocycles. The summed E-state index contributed by atoms with van der Waals surface area (Å²) in [6.45, 7) is -0.481. The van der Waals surface area contributed by atoms with Crippen LogP contribution in [-0.2, 0) is 19.1 Å². The molecule has 2 heterocycles. The molecule has 2 aliphatic heterocycles. The summed E-state index contributed by atoms with van der Waals surface area (Å²) in [4.78, 5) is 45.6. The Kier molecular flexibility index (Phi) is 5.87. The molecule has 24 heavy (non-hydrogen) atoms. The van der Waals surface area contributed by atoms with Gasteiger partial charge in [0.05, 0.1) is 0 Å². The summed E-state index contributed by atoms with van der Waals surface area (Å²) in [5.41, 5.74) is 5.48. The monoisotopic (exact) mass is 417 g/mol. The number of amides is 3. The molecule has 9 nitrogen and oxygen atoms in total. The van der Waals surface area contributed by atoms with Crippen LogP contribution in [0, 0.1) is 0 Å². The summed E-state index contributed by atoms with van der Waals surface area (Å²) in [5.74, 6) is -2.82. The summed E-state index contributed by atoms with van der Waals surface area (Å²) in [7, 11) is 0. The number of thioether (sulfide) groups is 1. The lowest BCUT2D eigenvalue weighted by atomic mass is 10.0. The maximum atomic E-state index is 11.7. The molecule has 2 rings (SSSR count). The number of aliphatic carboxylic acids is 1. The van der Waals surface area contributed by atoms with Crippen LogP contribution in [0.5, 0.6) is 0 Å². The zero-order valence-corrected chi connectivity index (χ0v) is 14.7. The molecular formula is C11H10Cl3N3O6S. The van der Waals surface area contributed by atoms with Gasteiger partial charge in [-0.1, -0.05) is 23.2 Å². The highest BCUT2D eigenvalue weighted by Gasteiger charge is 2.51. The summed E-state index contributed by atoms with van der Waals surface area (Å²) in [6.07, 6.45) is -1.27. The summed E-state index contributed by atoms with van der Waals surface area (Å²) in [6, 6.07) is -0.770. The third-order valence-corrected chi connectivity index (χ3v) is 5.24. The van der Waals surface area contributed by atoms with E-state index in [2.05, 4.69) is 0 Å². The Balaban J connectivity index is 2.10. The Morgan fingerprint density at radius 2 is 2.08 bits per heavy atom. The number of rotatable bonds is 4. The fourth-order valence-corrected chi connectivity index (χ4v) is 3.79. The van der Waals surface area contributed by atoms with Crippen LogP contribution < -0.4 is 5.73 Å². The van der Waals surface area contributed by atoms with E-state index in [1.165, 1.54) is 11.8 Å². The smallest absolute Gasteiger partial charge is 0.432 e. The van der Waals surface area contributed by atoms with Crippen molar-refractivity contribution in [1.82, 2.24) is 9.32 Å². The van der Waals surface area contributed by atoms with Gasteiger partial charge in [0.2, 0.25) is 5.91 Å². The van der Waals surface area contributed by atoms with Gasteiger partial charge in [-0.15, -0.1) is 11.8 Å². The fraction of sp³-hybridized carbons (Fsp3) is 0.455. The van der Waals surface area contributed by atoms with E-state index < -0.39 is 46.7 Å². The number of fused-ring (bicyclic) bond motifs is 1. The van der Waals surface area contributed by atoms with Crippen LogP contribution in [0.25, 0.3) is 0 Å². The fourth-order valence-electron chi connectivity index (χ4n) is 2.07. The van der Waals surface area contributed by atoms with Crippen molar-refractivity contribution in [2.45, 2.75) is 16.3 Å². The standard InChI is InChI=1S/C11H10Cl3N3O6S/c12-6(13)8(19)17(14)11(22)23-1-3-2-24-9-4(15)7(18)16(9)5(3)10(20)21/h4,6,9H,1-2,15H2,(H,20,21)/t4-,9-/m1/s1. The Hall–Kier alpha value is -1.20. The Labute approximate surface area is 154 Å². The zero-order valence-electron chi connectivity index (χ0n) is 11.6. The Morgan fingerprint density at radius 1 is 1.46 bits per heavy atom. The molecule has 1 saturated heterocycles. The Morgan fingerprint density at radius 3 is 2.62 bits per heavy atom. The van der Waals surface area contributed by atoms with Crippen LogP contribution in [0.4, 0.5) is 4.79 Å². The Bertz CT molecular complexity index is 642. The molecule has 0 radical (unpaired) electrons. The van der Waals surface area contributed by atoms with Crippen LogP contribution >= 0.6 is 46.7 Å². The molecule has 1 fully saturated rings. The number of halogens is 3. The molecule has 0 spiro atoms. The van der Waals surface area contributed by atoms with Crippen LogP contribution in [0.15, 0.2) is 11.3 Å². The average molecular weight is 419 g/mol. The molecule has 0 bridgehead atoms. The van der Waals surface area contributed by atoms with Gasteiger partial charge in [0.25, 0.3) is 5.91 Å². The van der Waals surface area contributed by atoms with E-state index in [0.29, 0.717) is 0 Å². The zero-order chi connectivity index (χ0) is 18.2. The van der Waals surface area contributed by atoms with Gasteiger partial charge >= 0.3 is 12.1 Å². The van der Waals surface area contributed by atoms with Gasteiger partial charge in [0.15, 0.2) is 4.84 Å². The molecule has 3 amide bonds.